The highest BCUT2D eigenvalue weighted by molar-refractivity contribution is 7.59. The van der Waals surface area contributed by atoms with E-state index in [1.54, 1.807) is 13.0 Å². The molecule has 0 aromatic carbocycles. The van der Waals surface area contributed by atoms with Crippen molar-refractivity contribution in [3.8, 4) is 0 Å². The van der Waals surface area contributed by atoms with E-state index in [2.05, 4.69) is 134 Å². The average Bonchev–Trinajstić information content (AvgIpc) is 0.776. The smallest absolute Gasteiger partial charge is 0.302 e. The number of phosphoric ester groups is 2. The normalized spacial score (nSPS) is 31.6. The summed E-state index contributed by atoms with van der Waals surface area (Å²) in [7, 11) is -11.8. The number of ether oxygens (including phenoxy) is 8. The van der Waals surface area contributed by atoms with Gasteiger partial charge in [-0.25, -0.2) is 4.31 Å². The molecule has 4 aliphatic rings. The lowest BCUT2D eigenvalue weighted by molar-refractivity contribution is -0.388. The molecule has 111 heavy (non-hydrogen) atoms. The molecule has 22 atom stereocenters. The van der Waals surface area contributed by atoms with Gasteiger partial charge in [-0.1, -0.05) is 128 Å². The summed E-state index contributed by atoms with van der Waals surface area (Å²) in [5.74, 6) is -0.871. The average molecular weight is 1620 g/mol. The Morgan fingerprint density at radius 2 is 0.631 bits per heavy atom. The second-order valence-corrected chi connectivity index (χ2v) is 33.0. The molecule has 4 aliphatic heterocycles. The van der Waals surface area contributed by atoms with Crippen molar-refractivity contribution in [2.24, 2.45) is 0 Å². The van der Waals surface area contributed by atoms with Gasteiger partial charge in [0, 0.05) is 6.92 Å². The summed E-state index contributed by atoms with van der Waals surface area (Å²) >= 11 is 0. The minimum atomic E-state index is -6.10. The first-order valence-electron chi connectivity index (χ1n) is 38.9. The summed E-state index contributed by atoms with van der Waals surface area (Å²) in [5.41, 5.74) is 14.5. The molecule has 4 rings (SSSR count). The van der Waals surface area contributed by atoms with Crippen LogP contribution in [-0.2, 0) is 65.2 Å². The van der Waals surface area contributed by atoms with Crippen LogP contribution in [0.25, 0.3) is 0 Å². The van der Waals surface area contributed by atoms with E-state index < -0.39 is 177 Å². The highest BCUT2D eigenvalue weighted by atomic mass is 31.3. The minimum absolute atomic E-state index is 0.410. The van der Waals surface area contributed by atoms with Crippen LogP contribution >= 0.6 is 15.6 Å². The van der Waals surface area contributed by atoms with E-state index in [9.17, 15) is 85.0 Å². The fourth-order valence-corrected chi connectivity index (χ4v) is 15.0. The molecule has 4 fully saturated rings. The van der Waals surface area contributed by atoms with E-state index in [1.165, 1.54) is 50.2 Å². The molecule has 4 heterocycles. The lowest BCUT2D eigenvalue weighted by Gasteiger charge is -2.49. The van der Waals surface area contributed by atoms with Crippen molar-refractivity contribution in [3.63, 3.8) is 0 Å². The number of hydrogen-bond acceptors (Lipinski definition) is 28. The summed E-state index contributed by atoms with van der Waals surface area (Å²) in [6, 6.07) is 0. The molecule has 0 saturated carbocycles. The maximum Gasteiger partial charge on any atom is 0.302 e. The first-order valence-corrected chi connectivity index (χ1v) is 41.9. The number of esters is 1. The standard InChI is InChI=1S/C81H134O28P2/c1-14-50(2)25-15-26-51(3)27-16-28-52(4)29-17-30-53(5)31-18-32-54(6)33-19-34-55(7)35-20-36-56(8)37-21-38-57(9)39-22-40-58(10)41-23-42-59(11)43-24-44-60(12)48-100-110(95,96)109-111(97,98)108-81-74(94)77(67(87)63(46-83)102-81)107-79-72(92)69(89)75(64(47-84)103-79)105-80-73(93)70(90)76(65(104-80)49-99-61(13)85)106-78-71(91)68(88)66(86)62(45-82)101-78/h14,26,28,30,32,34,36,38,40,42,44,62-84,86-94H,15-25,27,29,31,33,35,37,39,41,43,45-49H2,1-13H3,(H,95,96)(H,97,98)/p-2/b50-14-,51-26-,52-28-,53-30-,54-32-,55-34-,56-36-,57-38-,58-40+,59-42+,60-44+/t62-,63-,64-,65-,66-,67+,68+,69-,70-,71-,72-,73-,74-,75-,76-,77+,78+,79+,80+,81-/m1/s1. The van der Waals surface area contributed by atoms with E-state index in [1.807, 2.05) is 6.92 Å². The molecule has 0 aromatic heterocycles. The highest BCUT2D eigenvalue weighted by Crippen LogP contribution is 2.57. The van der Waals surface area contributed by atoms with Crippen LogP contribution in [-0.4, -0.2) is 223 Å². The van der Waals surface area contributed by atoms with Crippen molar-refractivity contribution < 1.29 is 136 Å². The van der Waals surface area contributed by atoms with Gasteiger partial charge >= 0.3 is 5.97 Å². The molecule has 4 saturated heterocycles. The maximum absolute atomic E-state index is 13.1. The van der Waals surface area contributed by atoms with Crippen LogP contribution in [0, 0.1) is 0 Å². The Balaban J connectivity index is 1.14. The lowest BCUT2D eigenvalue weighted by atomic mass is 9.95. The second-order valence-electron chi connectivity index (χ2n) is 30.1. The zero-order chi connectivity index (χ0) is 82.7. The lowest BCUT2D eigenvalue weighted by Crippen LogP contribution is -2.67. The summed E-state index contributed by atoms with van der Waals surface area (Å²) in [5, 5.41) is 129. The van der Waals surface area contributed by atoms with Gasteiger partial charge in [0.15, 0.2) is 25.2 Å². The molecule has 0 aromatic rings. The third-order valence-electron chi connectivity index (χ3n) is 20.1. The largest absolute Gasteiger partial charge is 0.756 e. The molecule has 30 heteroatoms. The van der Waals surface area contributed by atoms with E-state index in [-0.39, 0.29) is 0 Å². The Hall–Kier alpha value is -3.89. The van der Waals surface area contributed by atoms with Crippen molar-refractivity contribution in [3.05, 3.63) is 128 Å². The first-order chi connectivity index (χ1) is 52.4. The Morgan fingerprint density at radius 1 is 0.342 bits per heavy atom. The van der Waals surface area contributed by atoms with E-state index >= 15 is 0 Å². The summed E-state index contributed by atoms with van der Waals surface area (Å²) in [6.07, 6.45) is 5.07. The number of carbonyl (C=O) groups excluding carboxylic acids is 1. The SMILES string of the molecule is C/C=C(/C)CC/C=C(/C)CC/C=C(/C)CC/C=C(/C)CC/C=C(/C)CC/C=C(/C)CC/C=C(/C)CC/C=C(/C)CC/C=C(\C)CC/C=C(\C)CC/C=C(\C)COP(=O)([O-])OP(=O)([O-])O[C@H]1O[C@H](CO)[C@H](O)[C@H](O[C@@H]2O[C@H](CO)[C@@H](O[C@@H]3O[C@H](COC(C)=O)[C@@H](O[C@@H]4O[C@H](CO)[C@@H](O)[C@H](O)[C@H]4O)[C@H](O)[C@H]3O)[C@H](O)[C@H]2O)[C@H]1O. The van der Waals surface area contributed by atoms with Crippen molar-refractivity contribution in [2.75, 3.05) is 33.0 Å². The van der Waals surface area contributed by atoms with Crippen molar-refractivity contribution in [1.82, 2.24) is 0 Å². The zero-order valence-corrected chi connectivity index (χ0v) is 69.2. The number of allylic oxidation sites excluding steroid dienone is 21. The number of phosphoric acid groups is 2. The molecule has 0 radical (unpaired) electrons. The van der Waals surface area contributed by atoms with Gasteiger partial charge < -0.3 is 113 Å². The number of hydrogen-bond donors (Lipinski definition) is 12. The predicted octanol–water partition coefficient (Wildman–Crippen LogP) is 9.05. The molecule has 2 unspecified atom stereocenters. The molecule has 0 aliphatic carbocycles. The molecule has 0 bridgehead atoms. The van der Waals surface area contributed by atoms with Gasteiger partial charge in [-0.2, -0.15) is 0 Å². The quantitative estimate of drug-likeness (QED) is 0.0153. The highest BCUT2D eigenvalue weighted by Gasteiger charge is 2.56. The number of aliphatic hydroxyl groups excluding tert-OH is 12. The minimum Gasteiger partial charge on any atom is -0.756 e. The van der Waals surface area contributed by atoms with Gasteiger partial charge in [0.25, 0.3) is 15.6 Å². The Bertz CT molecular complexity index is 3260. The Morgan fingerprint density at radius 3 is 0.973 bits per heavy atom. The fourth-order valence-electron chi connectivity index (χ4n) is 12.9. The Kier molecular flexibility index (Phi) is 46.0. The topological polar surface area (TPSA) is 442 Å². The number of rotatable bonds is 48. The molecule has 0 amide bonds. The third-order valence-corrected chi connectivity index (χ3v) is 22.7. The van der Waals surface area contributed by atoms with Crippen molar-refractivity contribution in [2.45, 2.75) is 341 Å². The predicted molar refractivity (Wildman–Crippen MR) is 414 cm³/mol. The van der Waals surface area contributed by atoms with Crippen LogP contribution in [0.15, 0.2) is 128 Å². The van der Waals surface area contributed by atoms with Gasteiger partial charge in [-0.3, -0.25) is 18.4 Å². The van der Waals surface area contributed by atoms with Crippen molar-refractivity contribution >= 4 is 21.6 Å². The summed E-state index contributed by atoms with van der Waals surface area (Å²) in [4.78, 5) is 37.8. The Labute approximate surface area is 657 Å². The molecule has 12 N–H and O–H groups in total. The van der Waals surface area contributed by atoms with Gasteiger partial charge in [0.2, 0.25) is 0 Å². The molecule has 0 spiro atoms. The van der Waals surface area contributed by atoms with Gasteiger partial charge in [0.05, 0.1) is 26.4 Å². The van der Waals surface area contributed by atoms with E-state index in [0.717, 1.165) is 128 Å². The maximum atomic E-state index is 13.1. The van der Waals surface area contributed by atoms with Crippen LogP contribution in [0.5, 0.6) is 0 Å². The second kappa shape index (κ2) is 51.3. The van der Waals surface area contributed by atoms with Gasteiger partial charge in [-0.15, -0.1) is 0 Å². The van der Waals surface area contributed by atoms with E-state index in [4.69, 9.17) is 46.9 Å². The summed E-state index contributed by atoms with van der Waals surface area (Å²) < 4.78 is 83.7. The van der Waals surface area contributed by atoms with Gasteiger partial charge in [0.1, 0.15) is 104 Å². The van der Waals surface area contributed by atoms with Crippen LogP contribution in [0.3, 0.4) is 0 Å². The molecule has 636 valence electrons. The first kappa shape index (κ1) is 99.5. The van der Waals surface area contributed by atoms with Crippen LogP contribution in [0.4, 0.5) is 0 Å². The zero-order valence-electron chi connectivity index (χ0n) is 67.4. The third kappa shape index (κ3) is 36.3. The molecule has 28 nitrogen and oxygen atoms in total. The molecular weight excluding hydrogens is 1480 g/mol. The van der Waals surface area contributed by atoms with Crippen LogP contribution in [0.2, 0.25) is 0 Å². The van der Waals surface area contributed by atoms with Crippen molar-refractivity contribution in [1.29, 1.82) is 0 Å². The van der Waals surface area contributed by atoms with Crippen LogP contribution < -0.4 is 9.79 Å². The summed E-state index contributed by atoms with van der Waals surface area (Å²) in [6.45, 7) is 22.3. The fraction of sp³-hybridized carbons (Fsp3) is 0.716. The van der Waals surface area contributed by atoms with Crippen LogP contribution in [0.1, 0.15) is 218 Å². The monoisotopic (exact) mass is 1610 g/mol. The molecular formula is C81H132O28P2-2. The van der Waals surface area contributed by atoms with E-state index in [0.29, 0.717) is 18.4 Å². The van der Waals surface area contributed by atoms with Gasteiger partial charge in [-0.05, 0) is 212 Å². The number of aliphatic hydroxyl groups is 12. The number of carbonyl (C=O) groups is 1.